The van der Waals surface area contributed by atoms with E-state index in [1.807, 2.05) is 18.2 Å². The van der Waals surface area contributed by atoms with Crippen molar-refractivity contribution in [3.63, 3.8) is 0 Å². The van der Waals surface area contributed by atoms with Crippen LogP contribution in [0.1, 0.15) is 0 Å². The van der Waals surface area contributed by atoms with Crippen LogP contribution in [0, 0.1) is 0 Å². The van der Waals surface area contributed by atoms with Gasteiger partial charge in [-0.3, -0.25) is 4.79 Å². The molecule has 0 fully saturated rings. The van der Waals surface area contributed by atoms with Gasteiger partial charge in [-0.2, -0.15) is 0 Å². The van der Waals surface area contributed by atoms with E-state index < -0.39 is 0 Å². The van der Waals surface area contributed by atoms with E-state index in [-0.39, 0.29) is 5.43 Å². The minimum absolute atomic E-state index is 0.00301. The molecule has 0 saturated heterocycles. The highest BCUT2D eigenvalue weighted by molar-refractivity contribution is 5.87. The first-order chi connectivity index (χ1) is 6.81. The number of hydrogen-bond acceptors (Lipinski definition) is 2. The third kappa shape index (κ3) is 1.46. The monoisotopic (exact) mass is 186 g/mol. The van der Waals surface area contributed by atoms with Crippen LogP contribution in [0.5, 0.6) is 5.75 Å². The van der Waals surface area contributed by atoms with Crippen LogP contribution >= 0.6 is 0 Å². The molecule has 0 N–H and O–H groups in total. The van der Waals surface area contributed by atoms with E-state index >= 15 is 0 Å². The molecule has 2 nitrogen and oxygen atoms in total. The van der Waals surface area contributed by atoms with Gasteiger partial charge >= 0.3 is 0 Å². The average molecular weight is 186 g/mol. The molecule has 14 heavy (non-hydrogen) atoms. The van der Waals surface area contributed by atoms with Crippen LogP contribution in [0.15, 0.2) is 47.3 Å². The van der Waals surface area contributed by atoms with Crippen LogP contribution in [0.4, 0.5) is 0 Å². The molecule has 0 unspecified atom stereocenters. The Morgan fingerprint density at radius 2 is 1.79 bits per heavy atom. The van der Waals surface area contributed by atoms with Crippen LogP contribution in [0.2, 0.25) is 0 Å². The smallest absolute Gasteiger partial charge is 0.178 e. The molecule has 0 aromatic heterocycles. The van der Waals surface area contributed by atoms with Crippen LogP contribution in [0.3, 0.4) is 0 Å². The van der Waals surface area contributed by atoms with Gasteiger partial charge in [0.25, 0.3) is 0 Å². The summed E-state index contributed by atoms with van der Waals surface area (Å²) < 4.78 is 5.21. The highest BCUT2D eigenvalue weighted by Crippen LogP contribution is 2.23. The molecule has 2 rings (SSSR count). The second kappa shape index (κ2) is 3.50. The highest BCUT2D eigenvalue weighted by Gasteiger charge is 1.97. The number of rotatable bonds is 1. The van der Waals surface area contributed by atoms with Crippen molar-refractivity contribution in [2.24, 2.45) is 0 Å². The maximum absolute atomic E-state index is 11.1. The van der Waals surface area contributed by atoms with Gasteiger partial charge in [0.2, 0.25) is 0 Å². The van der Waals surface area contributed by atoms with E-state index in [1.165, 1.54) is 0 Å². The molecular weight excluding hydrogens is 176 g/mol. The number of hydrogen-bond donors (Lipinski definition) is 0. The molecular formula is C12H10O2. The van der Waals surface area contributed by atoms with Crippen molar-refractivity contribution in [3.8, 4) is 5.75 Å². The zero-order chi connectivity index (χ0) is 9.97. The van der Waals surface area contributed by atoms with Crippen molar-refractivity contribution in [2.75, 3.05) is 7.11 Å². The lowest BCUT2D eigenvalue weighted by atomic mass is 10.2. The van der Waals surface area contributed by atoms with E-state index in [9.17, 15) is 4.79 Å². The van der Waals surface area contributed by atoms with Gasteiger partial charge in [0.15, 0.2) is 5.43 Å². The summed E-state index contributed by atoms with van der Waals surface area (Å²) in [5.74, 6) is 0.790. The van der Waals surface area contributed by atoms with Gasteiger partial charge in [-0.1, -0.05) is 18.2 Å². The topological polar surface area (TPSA) is 26.3 Å². The van der Waals surface area contributed by atoms with Crippen molar-refractivity contribution in [1.82, 2.24) is 0 Å². The Balaban J connectivity index is 2.89. The number of methoxy groups -OCH3 is 1. The number of benzene rings is 1. The fourth-order valence-electron chi connectivity index (χ4n) is 1.46. The molecule has 2 aromatic carbocycles. The Labute approximate surface area is 81.8 Å². The largest absolute Gasteiger partial charge is 0.496 e. The van der Waals surface area contributed by atoms with Crippen LogP contribution in [-0.2, 0) is 0 Å². The van der Waals surface area contributed by atoms with E-state index in [4.69, 9.17) is 4.74 Å². The first-order valence-corrected chi connectivity index (χ1v) is 4.38. The molecule has 0 aliphatic carbocycles. The van der Waals surface area contributed by atoms with Crippen molar-refractivity contribution in [3.05, 3.63) is 52.7 Å². The average Bonchev–Trinajstić information content (AvgIpc) is 2.41. The summed E-state index contributed by atoms with van der Waals surface area (Å²) in [6.07, 6.45) is 0. The predicted molar refractivity (Wildman–Crippen MR) is 56.8 cm³/mol. The van der Waals surface area contributed by atoms with E-state index in [0.717, 1.165) is 16.5 Å². The molecule has 0 aliphatic heterocycles. The quantitative estimate of drug-likeness (QED) is 0.682. The Hall–Kier alpha value is -1.83. The summed E-state index contributed by atoms with van der Waals surface area (Å²) in [5, 5.41) is 1.96. The predicted octanol–water partition coefficient (Wildman–Crippen LogP) is 2.21. The zero-order valence-electron chi connectivity index (χ0n) is 7.86. The highest BCUT2D eigenvalue weighted by atomic mass is 16.5. The first-order valence-electron chi connectivity index (χ1n) is 4.38. The molecule has 0 spiro atoms. The van der Waals surface area contributed by atoms with Gasteiger partial charge in [0.1, 0.15) is 5.75 Å². The summed E-state index contributed by atoms with van der Waals surface area (Å²) in [4.78, 5) is 11.1. The van der Waals surface area contributed by atoms with Gasteiger partial charge in [-0.25, -0.2) is 0 Å². The van der Waals surface area contributed by atoms with Gasteiger partial charge in [-0.05, 0) is 29.7 Å². The normalized spacial score (nSPS) is 10.1. The lowest BCUT2D eigenvalue weighted by Gasteiger charge is -2.01. The van der Waals surface area contributed by atoms with Gasteiger partial charge in [-0.15, -0.1) is 0 Å². The lowest BCUT2D eigenvalue weighted by molar-refractivity contribution is 0.420. The molecule has 0 saturated carbocycles. The Bertz CT molecular complexity index is 518. The zero-order valence-corrected chi connectivity index (χ0v) is 7.86. The summed E-state index contributed by atoms with van der Waals surface area (Å²) in [6, 6.07) is 12.4. The standard InChI is InChI=1S/C12H10O2/c1-14-12-4-2-3-9-5-6-10(13)7-8-11(9)12/h2-8H,1H3. The van der Waals surface area contributed by atoms with E-state index in [1.54, 1.807) is 31.4 Å². The SMILES string of the molecule is COc1cccc2ccc(=O)ccc12. The fourth-order valence-corrected chi connectivity index (χ4v) is 1.46. The minimum Gasteiger partial charge on any atom is -0.496 e. The third-order valence-corrected chi connectivity index (χ3v) is 2.16. The maximum Gasteiger partial charge on any atom is 0.178 e. The molecule has 0 atom stereocenters. The summed E-state index contributed by atoms with van der Waals surface area (Å²) >= 11 is 0. The molecule has 70 valence electrons. The van der Waals surface area contributed by atoms with Crippen molar-refractivity contribution in [1.29, 1.82) is 0 Å². The Kier molecular flexibility index (Phi) is 2.19. The Morgan fingerprint density at radius 1 is 1.00 bits per heavy atom. The second-order valence-electron chi connectivity index (χ2n) is 3.03. The molecule has 0 aliphatic rings. The van der Waals surface area contributed by atoms with Crippen molar-refractivity contribution >= 4 is 10.8 Å². The van der Waals surface area contributed by atoms with Crippen molar-refractivity contribution < 1.29 is 4.74 Å². The molecule has 0 amide bonds. The molecule has 0 heterocycles. The van der Waals surface area contributed by atoms with Gasteiger partial charge < -0.3 is 4.74 Å². The number of ether oxygens (including phenoxy) is 1. The molecule has 2 aromatic rings. The van der Waals surface area contributed by atoms with E-state index in [0.29, 0.717) is 0 Å². The van der Waals surface area contributed by atoms with Crippen molar-refractivity contribution in [2.45, 2.75) is 0 Å². The summed E-state index contributed by atoms with van der Waals surface area (Å²) in [7, 11) is 1.62. The summed E-state index contributed by atoms with van der Waals surface area (Å²) in [5.41, 5.74) is 0.00301. The molecule has 2 heteroatoms. The van der Waals surface area contributed by atoms with Crippen LogP contribution in [0.25, 0.3) is 10.8 Å². The van der Waals surface area contributed by atoms with Gasteiger partial charge in [0.05, 0.1) is 7.11 Å². The van der Waals surface area contributed by atoms with Crippen LogP contribution < -0.4 is 10.2 Å². The first kappa shape index (κ1) is 8.75. The molecule has 0 bridgehead atoms. The van der Waals surface area contributed by atoms with Gasteiger partial charge in [0, 0.05) is 5.39 Å². The molecule has 0 radical (unpaired) electrons. The minimum atomic E-state index is 0.00301. The second-order valence-corrected chi connectivity index (χ2v) is 3.03. The van der Waals surface area contributed by atoms with Crippen LogP contribution in [-0.4, -0.2) is 7.11 Å². The lowest BCUT2D eigenvalue weighted by Crippen LogP contribution is -1.87. The van der Waals surface area contributed by atoms with E-state index in [2.05, 4.69) is 0 Å². The number of fused-ring (bicyclic) bond motifs is 1. The maximum atomic E-state index is 11.1. The summed E-state index contributed by atoms with van der Waals surface area (Å²) in [6.45, 7) is 0. The third-order valence-electron chi connectivity index (χ3n) is 2.16. The fraction of sp³-hybridized carbons (Fsp3) is 0.0833. The Morgan fingerprint density at radius 3 is 2.57 bits per heavy atom.